The molecule has 0 fully saturated rings. The lowest BCUT2D eigenvalue weighted by Crippen LogP contribution is -2.30. The van der Waals surface area contributed by atoms with Crippen LogP contribution in [0.4, 0.5) is 0 Å². The highest BCUT2D eigenvalue weighted by Gasteiger charge is 2.19. The number of ether oxygens (including phenoxy) is 3. The molecule has 69 heavy (non-hydrogen) atoms. The van der Waals surface area contributed by atoms with E-state index in [1.54, 1.807) is 0 Å². The number of rotatable bonds is 56. The first-order valence-electron chi connectivity index (χ1n) is 30.5. The highest BCUT2D eigenvalue weighted by atomic mass is 16.6. The second-order valence-corrected chi connectivity index (χ2v) is 20.6. The smallest absolute Gasteiger partial charge is 0.306 e. The van der Waals surface area contributed by atoms with Crippen LogP contribution in [0, 0.1) is 0 Å². The van der Waals surface area contributed by atoms with Gasteiger partial charge >= 0.3 is 17.9 Å². The number of esters is 3. The molecule has 0 aromatic rings. The summed E-state index contributed by atoms with van der Waals surface area (Å²) >= 11 is 0. The standard InChI is InChI=1S/C63H116O6/c1-4-7-10-13-16-19-22-25-28-30-31-33-35-38-41-44-47-50-53-56-62(65)68-59-60(58-67-61(64)55-52-49-46-43-40-37-34-27-24-21-18-15-12-9-6-3)69-63(66)57-54-51-48-45-42-39-36-32-29-26-23-20-17-14-11-8-5-2/h18,21,27,30-31,34,60H,4-17,19-20,22-26,28-29,32-33,35-59H2,1-3H3/b21-18-,31-30-,34-27-/t60-/m1/s1. The highest BCUT2D eigenvalue weighted by molar-refractivity contribution is 5.71. The minimum absolute atomic E-state index is 0.0752. The zero-order valence-electron chi connectivity index (χ0n) is 46.3. The van der Waals surface area contributed by atoms with Gasteiger partial charge in [0.05, 0.1) is 0 Å². The number of hydrogen-bond acceptors (Lipinski definition) is 6. The van der Waals surface area contributed by atoms with Gasteiger partial charge in [-0.3, -0.25) is 14.4 Å². The van der Waals surface area contributed by atoms with Crippen LogP contribution in [-0.4, -0.2) is 37.2 Å². The summed E-state index contributed by atoms with van der Waals surface area (Å²) in [5.41, 5.74) is 0. The molecule has 0 amide bonds. The molecule has 0 N–H and O–H groups in total. The van der Waals surface area contributed by atoms with Crippen molar-refractivity contribution in [3.8, 4) is 0 Å². The zero-order chi connectivity index (χ0) is 50.0. The van der Waals surface area contributed by atoms with Crippen molar-refractivity contribution in [3.63, 3.8) is 0 Å². The highest BCUT2D eigenvalue weighted by Crippen LogP contribution is 2.17. The zero-order valence-corrected chi connectivity index (χ0v) is 46.3. The van der Waals surface area contributed by atoms with Crippen LogP contribution in [0.15, 0.2) is 36.5 Å². The maximum Gasteiger partial charge on any atom is 0.306 e. The van der Waals surface area contributed by atoms with Crippen molar-refractivity contribution in [1.29, 1.82) is 0 Å². The second-order valence-electron chi connectivity index (χ2n) is 20.6. The summed E-state index contributed by atoms with van der Waals surface area (Å²) < 4.78 is 16.9. The molecule has 0 aliphatic heterocycles. The van der Waals surface area contributed by atoms with Crippen LogP contribution in [-0.2, 0) is 28.6 Å². The average molecular weight is 970 g/mol. The summed E-state index contributed by atoms with van der Waals surface area (Å²) in [6, 6.07) is 0. The van der Waals surface area contributed by atoms with E-state index in [2.05, 4.69) is 57.2 Å². The lowest BCUT2D eigenvalue weighted by molar-refractivity contribution is -0.167. The van der Waals surface area contributed by atoms with Crippen molar-refractivity contribution in [2.45, 2.75) is 335 Å². The van der Waals surface area contributed by atoms with Crippen LogP contribution in [0.5, 0.6) is 0 Å². The molecule has 0 unspecified atom stereocenters. The van der Waals surface area contributed by atoms with Crippen LogP contribution < -0.4 is 0 Å². The van der Waals surface area contributed by atoms with Crippen LogP contribution in [0.1, 0.15) is 329 Å². The van der Waals surface area contributed by atoms with E-state index in [-0.39, 0.29) is 31.1 Å². The molecule has 0 aliphatic carbocycles. The Labute approximate surface area is 429 Å². The molecule has 1 atom stereocenters. The van der Waals surface area contributed by atoms with Crippen molar-refractivity contribution in [3.05, 3.63) is 36.5 Å². The number of allylic oxidation sites excluding steroid dienone is 6. The van der Waals surface area contributed by atoms with Crippen LogP contribution in [0.2, 0.25) is 0 Å². The SMILES string of the molecule is CCCCC/C=C\C/C=C\CCCCCCCC(=O)OC[C@H](COC(=O)CCCCCCCCC/C=C\CCCCCCCCCC)OC(=O)CCCCCCCCCCCCCCCCCCC. The maximum absolute atomic E-state index is 12.9. The van der Waals surface area contributed by atoms with E-state index >= 15 is 0 Å². The van der Waals surface area contributed by atoms with Gasteiger partial charge in [-0.25, -0.2) is 0 Å². The third kappa shape index (κ3) is 56.4. The van der Waals surface area contributed by atoms with Gasteiger partial charge in [0, 0.05) is 19.3 Å². The van der Waals surface area contributed by atoms with E-state index in [0.717, 1.165) is 77.0 Å². The molecule has 0 rings (SSSR count). The number of hydrogen-bond donors (Lipinski definition) is 0. The Bertz CT molecular complexity index is 1160. The number of unbranched alkanes of at least 4 members (excludes halogenated alkanes) is 39. The lowest BCUT2D eigenvalue weighted by Gasteiger charge is -2.18. The van der Waals surface area contributed by atoms with E-state index in [4.69, 9.17) is 14.2 Å². The van der Waals surface area contributed by atoms with E-state index in [0.29, 0.717) is 19.3 Å². The van der Waals surface area contributed by atoms with Crippen LogP contribution >= 0.6 is 0 Å². The molecule has 404 valence electrons. The fraction of sp³-hybridized carbons (Fsp3) is 0.857. The predicted molar refractivity (Wildman–Crippen MR) is 298 cm³/mol. The number of carbonyl (C=O) groups excluding carboxylic acids is 3. The molecule has 0 radical (unpaired) electrons. The molecule has 6 nitrogen and oxygen atoms in total. The molecule has 0 spiro atoms. The molecule has 0 saturated carbocycles. The fourth-order valence-electron chi connectivity index (χ4n) is 9.00. The summed E-state index contributed by atoms with van der Waals surface area (Å²) in [7, 11) is 0. The summed E-state index contributed by atoms with van der Waals surface area (Å²) in [4.78, 5) is 38.2. The van der Waals surface area contributed by atoms with Gasteiger partial charge in [-0.1, -0.05) is 269 Å². The Morgan fingerprint density at radius 3 is 0.841 bits per heavy atom. The Balaban J connectivity index is 4.35. The van der Waals surface area contributed by atoms with Gasteiger partial charge < -0.3 is 14.2 Å². The Morgan fingerprint density at radius 1 is 0.290 bits per heavy atom. The van der Waals surface area contributed by atoms with E-state index in [1.165, 1.54) is 212 Å². The molecule has 6 heteroatoms. The predicted octanol–water partition coefficient (Wildman–Crippen LogP) is 20.4. The van der Waals surface area contributed by atoms with Gasteiger partial charge in [0.2, 0.25) is 0 Å². The minimum atomic E-state index is -0.777. The lowest BCUT2D eigenvalue weighted by atomic mass is 10.0. The first kappa shape index (κ1) is 66.6. The van der Waals surface area contributed by atoms with Gasteiger partial charge in [0.1, 0.15) is 13.2 Å². The molecule has 0 heterocycles. The van der Waals surface area contributed by atoms with Crippen LogP contribution in [0.3, 0.4) is 0 Å². The average Bonchev–Trinajstić information content (AvgIpc) is 3.35. The molecule has 0 aromatic carbocycles. The topological polar surface area (TPSA) is 78.9 Å². The van der Waals surface area contributed by atoms with E-state index in [1.807, 2.05) is 0 Å². The summed E-state index contributed by atoms with van der Waals surface area (Å²) in [5, 5.41) is 0. The van der Waals surface area contributed by atoms with Gasteiger partial charge in [-0.2, -0.15) is 0 Å². The molecular weight excluding hydrogens is 853 g/mol. The fourth-order valence-corrected chi connectivity index (χ4v) is 9.00. The largest absolute Gasteiger partial charge is 0.462 e. The van der Waals surface area contributed by atoms with Gasteiger partial charge in [-0.15, -0.1) is 0 Å². The Hall–Kier alpha value is -2.37. The third-order valence-corrected chi connectivity index (χ3v) is 13.6. The quantitative estimate of drug-likeness (QED) is 0.0261. The summed E-state index contributed by atoms with van der Waals surface area (Å²) in [6.45, 7) is 6.65. The van der Waals surface area contributed by atoms with E-state index in [9.17, 15) is 14.4 Å². The maximum atomic E-state index is 12.9. The van der Waals surface area contributed by atoms with Crippen molar-refractivity contribution < 1.29 is 28.6 Å². The minimum Gasteiger partial charge on any atom is -0.462 e. The second kappa shape index (κ2) is 58.2. The first-order chi connectivity index (χ1) is 34.0. The Morgan fingerprint density at radius 2 is 0.522 bits per heavy atom. The summed E-state index contributed by atoms with van der Waals surface area (Å²) in [5.74, 6) is -0.872. The van der Waals surface area contributed by atoms with Crippen molar-refractivity contribution in [2.24, 2.45) is 0 Å². The normalized spacial score (nSPS) is 12.2. The van der Waals surface area contributed by atoms with Crippen molar-refractivity contribution >= 4 is 17.9 Å². The number of carbonyl (C=O) groups is 3. The first-order valence-corrected chi connectivity index (χ1v) is 30.5. The molecule has 0 aromatic heterocycles. The van der Waals surface area contributed by atoms with Gasteiger partial charge in [0.25, 0.3) is 0 Å². The monoisotopic (exact) mass is 969 g/mol. The van der Waals surface area contributed by atoms with E-state index < -0.39 is 6.10 Å². The molecular formula is C63H116O6. The van der Waals surface area contributed by atoms with Gasteiger partial charge in [0.15, 0.2) is 6.10 Å². The third-order valence-electron chi connectivity index (χ3n) is 13.6. The van der Waals surface area contributed by atoms with Crippen molar-refractivity contribution in [1.82, 2.24) is 0 Å². The Kier molecular flexibility index (Phi) is 56.2. The molecule has 0 saturated heterocycles. The summed E-state index contributed by atoms with van der Waals surface area (Å²) in [6.07, 6.45) is 69.9. The van der Waals surface area contributed by atoms with Crippen LogP contribution in [0.25, 0.3) is 0 Å². The molecule has 0 aliphatic rings. The van der Waals surface area contributed by atoms with Crippen molar-refractivity contribution in [2.75, 3.05) is 13.2 Å². The molecule has 0 bridgehead atoms. The van der Waals surface area contributed by atoms with Gasteiger partial charge in [-0.05, 0) is 77.0 Å².